The van der Waals surface area contributed by atoms with Crippen LogP contribution in [0.2, 0.25) is 0 Å². The molecule has 0 radical (unpaired) electrons. The average molecular weight is 273 g/mol. The summed E-state index contributed by atoms with van der Waals surface area (Å²) in [5, 5.41) is 3.37. The molecule has 0 aliphatic carbocycles. The zero-order chi connectivity index (χ0) is 13.9. The Hall–Kier alpha value is -1.07. The van der Waals surface area contributed by atoms with Crippen LogP contribution in [0, 0.1) is 0 Å². The highest BCUT2D eigenvalue weighted by Crippen LogP contribution is 2.29. The molecule has 0 bridgehead atoms. The van der Waals surface area contributed by atoms with Crippen molar-refractivity contribution in [3.63, 3.8) is 0 Å². The Morgan fingerprint density at radius 1 is 1.26 bits per heavy atom. The van der Waals surface area contributed by atoms with Crippen LogP contribution in [0.25, 0.3) is 0 Å². The van der Waals surface area contributed by atoms with Gasteiger partial charge in [-0.1, -0.05) is 12.1 Å². The molecule has 1 saturated heterocycles. The average Bonchev–Trinajstić information content (AvgIpc) is 2.36. The van der Waals surface area contributed by atoms with Gasteiger partial charge in [0.2, 0.25) is 0 Å². The monoisotopic (exact) mass is 273 g/mol. The normalized spacial score (nSPS) is 24.4. The summed E-state index contributed by atoms with van der Waals surface area (Å²) in [5.74, 6) is 0. The van der Waals surface area contributed by atoms with Gasteiger partial charge in [0.05, 0.1) is 11.7 Å². The van der Waals surface area contributed by atoms with E-state index in [4.69, 9.17) is 4.74 Å². The Kier molecular flexibility index (Phi) is 4.47. The molecule has 1 heterocycles. The first-order chi connectivity index (χ1) is 8.95. The van der Waals surface area contributed by atoms with E-state index >= 15 is 0 Å². The molecule has 1 N–H and O–H groups in total. The molecule has 0 spiro atoms. The van der Waals surface area contributed by atoms with E-state index in [1.807, 2.05) is 6.92 Å². The van der Waals surface area contributed by atoms with Crippen LogP contribution in [-0.2, 0) is 17.5 Å². The van der Waals surface area contributed by atoms with Gasteiger partial charge in [0.25, 0.3) is 0 Å². The standard InChI is InChI=1S/C14H18F3NO/c1-10-8-13(6-7-19-10)18-9-11-2-4-12(5-3-11)14(15,16)17/h2-5,10,13,18H,6-9H2,1H3. The van der Waals surface area contributed by atoms with Crippen LogP contribution in [0.5, 0.6) is 0 Å². The van der Waals surface area contributed by atoms with Gasteiger partial charge in [-0.05, 0) is 37.5 Å². The Balaban J connectivity index is 1.86. The van der Waals surface area contributed by atoms with E-state index in [-0.39, 0.29) is 6.10 Å². The summed E-state index contributed by atoms with van der Waals surface area (Å²) >= 11 is 0. The zero-order valence-electron chi connectivity index (χ0n) is 10.8. The second-order valence-electron chi connectivity index (χ2n) is 4.98. The summed E-state index contributed by atoms with van der Waals surface area (Å²) in [6.07, 6.45) is -2.12. The lowest BCUT2D eigenvalue weighted by Crippen LogP contribution is -2.37. The first-order valence-electron chi connectivity index (χ1n) is 6.46. The second-order valence-corrected chi connectivity index (χ2v) is 4.98. The topological polar surface area (TPSA) is 21.3 Å². The van der Waals surface area contributed by atoms with Crippen molar-refractivity contribution >= 4 is 0 Å². The Morgan fingerprint density at radius 2 is 1.95 bits per heavy atom. The minimum atomic E-state index is -4.26. The molecule has 2 rings (SSSR count). The lowest BCUT2D eigenvalue weighted by molar-refractivity contribution is -0.137. The highest BCUT2D eigenvalue weighted by Gasteiger charge is 2.29. The lowest BCUT2D eigenvalue weighted by atomic mass is 10.0. The van der Waals surface area contributed by atoms with E-state index in [1.165, 1.54) is 12.1 Å². The molecular formula is C14H18F3NO. The fourth-order valence-electron chi connectivity index (χ4n) is 2.26. The van der Waals surface area contributed by atoms with Crippen molar-refractivity contribution in [1.29, 1.82) is 0 Å². The van der Waals surface area contributed by atoms with E-state index in [2.05, 4.69) is 5.32 Å². The van der Waals surface area contributed by atoms with Crippen LogP contribution in [0.1, 0.15) is 30.9 Å². The summed E-state index contributed by atoms with van der Waals surface area (Å²) in [4.78, 5) is 0. The fourth-order valence-corrected chi connectivity index (χ4v) is 2.26. The SMILES string of the molecule is CC1CC(NCc2ccc(C(F)(F)F)cc2)CCO1. The fraction of sp³-hybridized carbons (Fsp3) is 0.571. The number of hydrogen-bond acceptors (Lipinski definition) is 2. The molecule has 106 valence electrons. The zero-order valence-corrected chi connectivity index (χ0v) is 10.8. The number of alkyl halides is 3. The van der Waals surface area contributed by atoms with E-state index in [0.717, 1.165) is 37.1 Å². The van der Waals surface area contributed by atoms with Crippen LogP contribution < -0.4 is 5.32 Å². The smallest absolute Gasteiger partial charge is 0.378 e. The molecule has 0 aromatic heterocycles. The van der Waals surface area contributed by atoms with Crippen LogP contribution in [-0.4, -0.2) is 18.8 Å². The van der Waals surface area contributed by atoms with E-state index in [0.29, 0.717) is 12.6 Å². The lowest BCUT2D eigenvalue weighted by Gasteiger charge is -2.28. The Bertz CT molecular complexity index is 402. The number of rotatable bonds is 3. The molecule has 1 aliphatic heterocycles. The van der Waals surface area contributed by atoms with Gasteiger partial charge >= 0.3 is 6.18 Å². The van der Waals surface area contributed by atoms with Crippen molar-refractivity contribution in [1.82, 2.24) is 5.32 Å². The quantitative estimate of drug-likeness (QED) is 0.911. The van der Waals surface area contributed by atoms with E-state index in [9.17, 15) is 13.2 Å². The molecule has 2 nitrogen and oxygen atoms in total. The van der Waals surface area contributed by atoms with Crippen molar-refractivity contribution in [2.75, 3.05) is 6.61 Å². The van der Waals surface area contributed by atoms with Gasteiger partial charge in [-0.2, -0.15) is 13.2 Å². The van der Waals surface area contributed by atoms with Gasteiger partial charge in [-0.15, -0.1) is 0 Å². The number of benzene rings is 1. The molecule has 19 heavy (non-hydrogen) atoms. The predicted octanol–water partition coefficient (Wildman–Crippen LogP) is 3.36. The van der Waals surface area contributed by atoms with E-state index in [1.54, 1.807) is 0 Å². The van der Waals surface area contributed by atoms with Crippen LogP contribution in [0.4, 0.5) is 13.2 Å². The maximum atomic E-state index is 12.4. The summed E-state index contributed by atoms with van der Waals surface area (Å²) in [7, 11) is 0. The van der Waals surface area contributed by atoms with Crippen molar-refractivity contribution in [2.24, 2.45) is 0 Å². The largest absolute Gasteiger partial charge is 0.416 e. The molecule has 1 fully saturated rings. The molecule has 1 aromatic carbocycles. The minimum absolute atomic E-state index is 0.249. The molecule has 2 atom stereocenters. The van der Waals surface area contributed by atoms with E-state index < -0.39 is 11.7 Å². The minimum Gasteiger partial charge on any atom is -0.378 e. The third kappa shape index (κ3) is 4.21. The molecular weight excluding hydrogens is 255 g/mol. The Morgan fingerprint density at radius 3 is 2.53 bits per heavy atom. The predicted molar refractivity (Wildman–Crippen MR) is 66.7 cm³/mol. The Labute approximate surface area is 111 Å². The van der Waals surface area contributed by atoms with Crippen LogP contribution in [0.15, 0.2) is 24.3 Å². The number of halogens is 3. The van der Waals surface area contributed by atoms with Crippen molar-refractivity contribution in [2.45, 2.75) is 44.6 Å². The molecule has 1 aromatic rings. The first-order valence-corrected chi connectivity index (χ1v) is 6.46. The highest BCUT2D eigenvalue weighted by molar-refractivity contribution is 5.24. The third-order valence-electron chi connectivity index (χ3n) is 3.36. The number of hydrogen-bond donors (Lipinski definition) is 1. The van der Waals surface area contributed by atoms with Crippen molar-refractivity contribution in [3.05, 3.63) is 35.4 Å². The van der Waals surface area contributed by atoms with Gasteiger partial charge < -0.3 is 10.1 Å². The summed E-state index contributed by atoms with van der Waals surface area (Å²) in [5.41, 5.74) is 0.267. The third-order valence-corrected chi connectivity index (χ3v) is 3.36. The van der Waals surface area contributed by atoms with Crippen molar-refractivity contribution < 1.29 is 17.9 Å². The number of ether oxygens (including phenoxy) is 1. The number of nitrogens with one attached hydrogen (secondary N) is 1. The van der Waals surface area contributed by atoms with Crippen molar-refractivity contribution in [3.8, 4) is 0 Å². The van der Waals surface area contributed by atoms with Crippen LogP contribution in [0.3, 0.4) is 0 Å². The maximum Gasteiger partial charge on any atom is 0.416 e. The van der Waals surface area contributed by atoms with Gasteiger partial charge in [-0.25, -0.2) is 0 Å². The maximum absolute atomic E-state index is 12.4. The molecule has 1 aliphatic rings. The van der Waals surface area contributed by atoms with Gasteiger partial charge in [0, 0.05) is 19.2 Å². The van der Waals surface area contributed by atoms with Gasteiger partial charge in [0.15, 0.2) is 0 Å². The molecule has 5 heteroatoms. The second kappa shape index (κ2) is 5.92. The summed E-state index contributed by atoms with van der Waals surface area (Å²) in [6.45, 7) is 3.37. The van der Waals surface area contributed by atoms with Gasteiger partial charge in [0.1, 0.15) is 0 Å². The molecule has 0 saturated carbocycles. The summed E-state index contributed by atoms with van der Waals surface area (Å²) < 4.78 is 42.7. The summed E-state index contributed by atoms with van der Waals surface area (Å²) in [6, 6.07) is 5.69. The molecule has 2 unspecified atom stereocenters. The van der Waals surface area contributed by atoms with Gasteiger partial charge in [-0.3, -0.25) is 0 Å². The first kappa shape index (κ1) is 14.3. The highest BCUT2D eigenvalue weighted by atomic mass is 19.4. The van der Waals surface area contributed by atoms with Crippen LogP contribution >= 0.6 is 0 Å². The molecule has 0 amide bonds.